The standard InChI is InChI=1S/C15H23NO3/c1-3-5-9-15(17)16-10-11-19-14-8-6-7-13(12-14)18-4-2/h6-8,12H,3-5,9-11H2,1-2H3,(H,16,17). The largest absolute Gasteiger partial charge is 0.494 e. The van der Waals surface area contributed by atoms with Crippen molar-refractivity contribution < 1.29 is 14.3 Å². The number of unbranched alkanes of at least 4 members (excludes halogenated alkanes) is 1. The summed E-state index contributed by atoms with van der Waals surface area (Å²) >= 11 is 0. The van der Waals surface area contributed by atoms with Gasteiger partial charge in [-0.1, -0.05) is 19.4 Å². The molecule has 1 aromatic carbocycles. The van der Waals surface area contributed by atoms with Gasteiger partial charge in [-0.15, -0.1) is 0 Å². The molecule has 4 heteroatoms. The zero-order valence-electron chi connectivity index (χ0n) is 11.8. The van der Waals surface area contributed by atoms with Gasteiger partial charge < -0.3 is 14.8 Å². The molecule has 0 aromatic heterocycles. The smallest absolute Gasteiger partial charge is 0.220 e. The average Bonchev–Trinajstić information content (AvgIpc) is 2.42. The highest BCUT2D eigenvalue weighted by molar-refractivity contribution is 5.75. The number of ether oxygens (including phenoxy) is 2. The normalized spacial score (nSPS) is 10.0. The third-order valence-electron chi connectivity index (χ3n) is 2.57. The van der Waals surface area contributed by atoms with Crippen molar-refractivity contribution in [2.24, 2.45) is 0 Å². The molecule has 0 spiro atoms. The summed E-state index contributed by atoms with van der Waals surface area (Å²) < 4.78 is 10.9. The van der Waals surface area contributed by atoms with Crippen LogP contribution in [0, 0.1) is 0 Å². The molecule has 0 radical (unpaired) electrons. The van der Waals surface area contributed by atoms with Crippen LogP contribution in [-0.4, -0.2) is 25.7 Å². The molecule has 4 nitrogen and oxygen atoms in total. The van der Waals surface area contributed by atoms with Gasteiger partial charge in [0.25, 0.3) is 0 Å². The van der Waals surface area contributed by atoms with Crippen LogP contribution >= 0.6 is 0 Å². The first-order valence-electron chi connectivity index (χ1n) is 6.88. The van der Waals surface area contributed by atoms with E-state index in [0.717, 1.165) is 24.3 Å². The molecule has 0 bridgehead atoms. The van der Waals surface area contributed by atoms with Crippen LogP contribution < -0.4 is 14.8 Å². The lowest BCUT2D eigenvalue weighted by Crippen LogP contribution is -2.27. The molecule has 0 saturated carbocycles. The Bertz CT molecular complexity index is 379. The van der Waals surface area contributed by atoms with Crippen LogP contribution in [-0.2, 0) is 4.79 Å². The molecule has 1 N–H and O–H groups in total. The van der Waals surface area contributed by atoms with Crippen molar-refractivity contribution in [2.75, 3.05) is 19.8 Å². The van der Waals surface area contributed by atoms with E-state index in [9.17, 15) is 4.79 Å². The monoisotopic (exact) mass is 265 g/mol. The highest BCUT2D eigenvalue weighted by atomic mass is 16.5. The summed E-state index contributed by atoms with van der Waals surface area (Å²) in [5.41, 5.74) is 0. The Hall–Kier alpha value is -1.71. The molecule has 0 saturated heterocycles. The number of benzene rings is 1. The van der Waals surface area contributed by atoms with E-state index in [-0.39, 0.29) is 5.91 Å². The van der Waals surface area contributed by atoms with Crippen LogP contribution in [0.5, 0.6) is 11.5 Å². The lowest BCUT2D eigenvalue weighted by atomic mass is 10.2. The summed E-state index contributed by atoms with van der Waals surface area (Å²) in [4.78, 5) is 11.4. The second kappa shape index (κ2) is 9.25. The Morgan fingerprint density at radius 2 is 1.95 bits per heavy atom. The highest BCUT2D eigenvalue weighted by Crippen LogP contribution is 2.18. The molecule has 0 fully saturated rings. The summed E-state index contributed by atoms with van der Waals surface area (Å²) in [6.07, 6.45) is 2.56. The fourth-order valence-corrected chi connectivity index (χ4v) is 1.61. The summed E-state index contributed by atoms with van der Waals surface area (Å²) in [7, 11) is 0. The third-order valence-corrected chi connectivity index (χ3v) is 2.57. The van der Waals surface area contributed by atoms with Crippen molar-refractivity contribution in [2.45, 2.75) is 33.1 Å². The SMILES string of the molecule is CCCCC(=O)NCCOc1cccc(OCC)c1. The van der Waals surface area contributed by atoms with Crippen molar-refractivity contribution in [1.82, 2.24) is 5.32 Å². The Balaban J connectivity index is 2.21. The number of carbonyl (C=O) groups is 1. The maximum absolute atomic E-state index is 11.4. The first-order chi connectivity index (χ1) is 9.26. The predicted octanol–water partition coefficient (Wildman–Crippen LogP) is 2.77. The molecular formula is C15H23NO3. The van der Waals surface area contributed by atoms with E-state index < -0.39 is 0 Å². The summed E-state index contributed by atoms with van der Waals surface area (Å²) in [6.45, 7) is 5.65. The van der Waals surface area contributed by atoms with E-state index in [0.29, 0.717) is 26.2 Å². The summed E-state index contributed by atoms with van der Waals surface area (Å²) in [6, 6.07) is 7.51. The Kier molecular flexibility index (Phi) is 7.47. The lowest BCUT2D eigenvalue weighted by Gasteiger charge is -2.09. The quantitative estimate of drug-likeness (QED) is 0.698. The third kappa shape index (κ3) is 6.70. The molecule has 1 amide bonds. The second-order valence-corrected chi connectivity index (χ2v) is 4.21. The van der Waals surface area contributed by atoms with Crippen molar-refractivity contribution in [3.63, 3.8) is 0 Å². The second-order valence-electron chi connectivity index (χ2n) is 4.21. The van der Waals surface area contributed by atoms with Crippen LogP contribution in [0.3, 0.4) is 0 Å². The van der Waals surface area contributed by atoms with Gasteiger partial charge in [-0.25, -0.2) is 0 Å². The molecule has 106 valence electrons. The van der Waals surface area contributed by atoms with E-state index in [1.165, 1.54) is 0 Å². The first kappa shape index (κ1) is 15.3. The fourth-order valence-electron chi connectivity index (χ4n) is 1.61. The van der Waals surface area contributed by atoms with E-state index in [1.54, 1.807) is 0 Å². The van der Waals surface area contributed by atoms with E-state index in [4.69, 9.17) is 9.47 Å². The molecular weight excluding hydrogens is 242 g/mol. The zero-order chi connectivity index (χ0) is 13.9. The van der Waals surface area contributed by atoms with Crippen LogP contribution in [0.1, 0.15) is 33.1 Å². The molecule has 0 aliphatic carbocycles. The number of amides is 1. The van der Waals surface area contributed by atoms with Gasteiger partial charge in [-0.3, -0.25) is 4.79 Å². The Morgan fingerprint density at radius 1 is 1.21 bits per heavy atom. The number of hydrogen-bond donors (Lipinski definition) is 1. The zero-order valence-corrected chi connectivity index (χ0v) is 11.8. The number of rotatable bonds is 9. The molecule has 1 rings (SSSR count). The van der Waals surface area contributed by atoms with Crippen LogP contribution in [0.2, 0.25) is 0 Å². The van der Waals surface area contributed by atoms with Crippen LogP contribution in [0.25, 0.3) is 0 Å². The van der Waals surface area contributed by atoms with Gasteiger partial charge >= 0.3 is 0 Å². The van der Waals surface area contributed by atoms with Crippen molar-refractivity contribution in [3.8, 4) is 11.5 Å². The molecule has 0 aliphatic rings. The van der Waals surface area contributed by atoms with E-state index in [2.05, 4.69) is 12.2 Å². The van der Waals surface area contributed by atoms with Gasteiger partial charge in [0.15, 0.2) is 0 Å². The molecule has 0 unspecified atom stereocenters. The van der Waals surface area contributed by atoms with Crippen LogP contribution in [0.15, 0.2) is 24.3 Å². The average molecular weight is 265 g/mol. The molecule has 1 aromatic rings. The van der Waals surface area contributed by atoms with E-state index >= 15 is 0 Å². The fraction of sp³-hybridized carbons (Fsp3) is 0.533. The molecule has 0 aliphatic heterocycles. The minimum Gasteiger partial charge on any atom is -0.494 e. The van der Waals surface area contributed by atoms with Gasteiger partial charge in [0.05, 0.1) is 13.2 Å². The lowest BCUT2D eigenvalue weighted by molar-refractivity contribution is -0.121. The van der Waals surface area contributed by atoms with Gasteiger partial charge in [0.2, 0.25) is 5.91 Å². The Labute approximate surface area is 115 Å². The Morgan fingerprint density at radius 3 is 2.63 bits per heavy atom. The van der Waals surface area contributed by atoms with Gasteiger partial charge in [-0.05, 0) is 25.5 Å². The first-order valence-corrected chi connectivity index (χ1v) is 6.88. The van der Waals surface area contributed by atoms with Crippen LogP contribution in [0.4, 0.5) is 0 Å². The van der Waals surface area contributed by atoms with Gasteiger partial charge in [-0.2, -0.15) is 0 Å². The summed E-state index contributed by atoms with van der Waals surface area (Å²) in [5.74, 6) is 1.65. The van der Waals surface area contributed by atoms with Crippen molar-refractivity contribution in [1.29, 1.82) is 0 Å². The van der Waals surface area contributed by atoms with Crippen molar-refractivity contribution in [3.05, 3.63) is 24.3 Å². The maximum atomic E-state index is 11.4. The predicted molar refractivity (Wildman–Crippen MR) is 75.6 cm³/mol. The minimum atomic E-state index is 0.0912. The molecule has 19 heavy (non-hydrogen) atoms. The van der Waals surface area contributed by atoms with Gasteiger partial charge in [0, 0.05) is 12.5 Å². The topological polar surface area (TPSA) is 47.6 Å². The summed E-state index contributed by atoms with van der Waals surface area (Å²) in [5, 5.41) is 2.83. The highest BCUT2D eigenvalue weighted by Gasteiger charge is 2.00. The maximum Gasteiger partial charge on any atom is 0.220 e. The van der Waals surface area contributed by atoms with Crippen molar-refractivity contribution >= 4 is 5.91 Å². The molecule has 0 heterocycles. The minimum absolute atomic E-state index is 0.0912. The number of nitrogens with one attached hydrogen (secondary N) is 1. The van der Waals surface area contributed by atoms with E-state index in [1.807, 2.05) is 31.2 Å². The van der Waals surface area contributed by atoms with Gasteiger partial charge in [0.1, 0.15) is 18.1 Å². The number of carbonyl (C=O) groups excluding carboxylic acids is 1. The molecule has 0 atom stereocenters. The number of hydrogen-bond acceptors (Lipinski definition) is 3.